The van der Waals surface area contributed by atoms with Crippen LogP contribution < -0.4 is 4.74 Å². The summed E-state index contributed by atoms with van der Waals surface area (Å²) in [6, 6.07) is 5.54. The number of piperidine rings is 1. The van der Waals surface area contributed by atoms with Crippen LogP contribution in [0.1, 0.15) is 64.4 Å². The third kappa shape index (κ3) is 4.43. The highest BCUT2D eigenvalue weighted by atomic mass is 19.1. The summed E-state index contributed by atoms with van der Waals surface area (Å²) in [5, 5.41) is 0. The summed E-state index contributed by atoms with van der Waals surface area (Å²) in [6.07, 6.45) is 5.57. The van der Waals surface area contributed by atoms with Crippen molar-refractivity contribution < 1.29 is 18.7 Å². The minimum absolute atomic E-state index is 0.175. The van der Waals surface area contributed by atoms with Crippen molar-refractivity contribution in [1.82, 2.24) is 9.80 Å². The van der Waals surface area contributed by atoms with E-state index in [-0.39, 0.29) is 11.9 Å². The Morgan fingerprint density at radius 1 is 1.17 bits per heavy atom. The van der Waals surface area contributed by atoms with E-state index in [1.165, 1.54) is 31.4 Å². The van der Waals surface area contributed by atoms with Crippen molar-refractivity contribution in [2.75, 3.05) is 33.3 Å². The molecule has 0 bridgehead atoms. The predicted molar refractivity (Wildman–Crippen MR) is 114 cm³/mol. The molecule has 2 heterocycles. The SMILES string of the molecule is COc1cc(F)ccc1C1CCN([C@@H]2CCC3(C2)CN(C(=O)OC(C)(C)C)C3)CC1. The number of hydrogen-bond donors (Lipinski definition) is 0. The van der Waals surface area contributed by atoms with Crippen LogP contribution >= 0.6 is 0 Å². The molecule has 0 radical (unpaired) electrons. The van der Waals surface area contributed by atoms with Crippen molar-refractivity contribution >= 4 is 6.09 Å². The van der Waals surface area contributed by atoms with Gasteiger partial charge in [0.25, 0.3) is 0 Å². The maximum atomic E-state index is 13.5. The maximum absolute atomic E-state index is 13.5. The van der Waals surface area contributed by atoms with Gasteiger partial charge in [-0.25, -0.2) is 9.18 Å². The van der Waals surface area contributed by atoms with E-state index in [1.54, 1.807) is 7.11 Å². The molecule has 0 N–H and O–H groups in total. The van der Waals surface area contributed by atoms with Crippen molar-refractivity contribution in [2.24, 2.45) is 5.41 Å². The Hall–Kier alpha value is -1.82. The Labute approximate surface area is 179 Å². The number of amides is 1. The first kappa shape index (κ1) is 21.4. The average Bonchev–Trinajstić information content (AvgIpc) is 3.11. The maximum Gasteiger partial charge on any atom is 0.410 e. The zero-order chi connectivity index (χ0) is 21.5. The minimum atomic E-state index is -0.435. The minimum Gasteiger partial charge on any atom is -0.496 e. The molecule has 1 aromatic carbocycles. The second-order valence-electron chi connectivity index (χ2n) is 10.4. The molecule has 1 amide bonds. The summed E-state index contributed by atoms with van der Waals surface area (Å²) in [6.45, 7) is 9.55. The van der Waals surface area contributed by atoms with Crippen LogP contribution in [0.4, 0.5) is 9.18 Å². The van der Waals surface area contributed by atoms with Crippen molar-refractivity contribution in [3.8, 4) is 5.75 Å². The first-order valence-corrected chi connectivity index (χ1v) is 11.2. The molecule has 4 rings (SSSR count). The number of halogens is 1. The number of ether oxygens (including phenoxy) is 2. The van der Waals surface area contributed by atoms with Crippen molar-refractivity contribution in [1.29, 1.82) is 0 Å². The van der Waals surface area contributed by atoms with Crippen LogP contribution in [0.25, 0.3) is 0 Å². The van der Waals surface area contributed by atoms with Crippen LogP contribution in [-0.4, -0.2) is 60.8 Å². The van der Waals surface area contributed by atoms with Crippen LogP contribution in [0.5, 0.6) is 5.75 Å². The van der Waals surface area contributed by atoms with E-state index in [2.05, 4.69) is 4.90 Å². The molecular weight excluding hydrogens is 383 g/mol. The number of likely N-dealkylation sites (tertiary alicyclic amines) is 2. The lowest BCUT2D eigenvalue weighted by Gasteiger charge is -2.48. The van der Waals surface area contributed by atoms with E-state index >= 15 is 0 Å². The van der Waals surface area contributed by atoms with Gasteiger partial charge in [0.1, 0.15) is 17.2 Å². The fourth-order valence-electron chi connectivity index (χ4n) is 5.59. The van der Waals surface area contributed by atoms with Gasteiger partial charge in [0, 0.05) is 30.6 Å². The van der Waals surface area contributed by atoms with Crippen LogP contribution in [0.3, 0.4) is 0 Å². The molecule has 166 valence electrons. The largest absolute Gasteiger partial charge is 0.496 e. The molecule has 1 spiro atoms. The van der Waals surface area contributed by atoms with Crippen molar-refractivity contribution in [3.05, 3.63) is 29.6 Å². The van der Waals surface area contributed by atoms with E-state index < -0.39 is 5.60 Å². The molecule has 1 saturated carbocycles. The Bertz CT molecular complexity index is 777. The molecular formula is C24H35FN2O3. The summed E-state index contributed by atoms with van der Waals surface area (Å²) < 4.78 is 24.4. The number of benzene rings is 1. The Kier molecular flexibility index (Phi) is 5.73. The Balaban J connectivity index is 1.28. The lowest BCUT2D eigenvalue weighted by Crippen LogP contribution is -2.58. The summed E-state index contributed by atoms with van der Waals surface area (Å²) in [5.41, 5.74) is 0.988. The zero-order valence-electron chi connectivity index (χ0n) is 18.7. The van der Waals surface area contributed by atoms with Gasteiger partial charge in [-0.2, -0.15) is 0 Å². The third-order valence-electron chi connectivity index (χ3n) is 7.06. The molecule has 1 aliphatic carbocycles. The number of rotatable bonds is 3. The second-order valence-corrected chi connectivity index (χ2v) is 10.4. The van der Waals surface area contributed by atoms with Gasteiger partial charge in [-0.3, -0.25) is 0 Å². The lowest BCUT2D eigenvalue weighted by atomic mass is 9.78. The highest BCUT2D eigenvalue weighted by molar-refractivity contribution is 5.69. The number of hydrogen-bond acceptors (Lipinski definition) is 4. The number of methoxy groups -OCH3 is 1. The van der Waals surface area contributed by atoms with Crippen molar-refractivity contribution in [2.45, 2.75) is 70.4 Å². The first-order chi connectivity index (χ1) is 14.2. The van der Waals surface area contributed by atoms with E-state index in [0.717, 1.165) is 44.6 Å². The number of carbonyl (C=O) groups excluding carboxylic acids is 1. The fraction of sp³-hybridized carbons (Fsp3) is 0.708. The fourth-order valence-corrected chi connectivity index (χ4v) is 5.59. The van der Waals surface area contributed by atoms with E-state index in [1.807, 2.05) is 31.7 Å². The van der Waals surface area contributed by atoms with Gasteiger partial charge < -0.3 is 19.3 Å². The topological polar surface area (TPSA) is 42.0 Å². The molecule has 5 nitrogen and oxygen atoms in total. The second kappa shape index (κ2) is 8.03. The zero-order valence-corrected chi connectivity index (χ0v) is 18.7. The van der Waals surface area contributed by atoms with E-state index in [4.69, 9.17) is 9.47 Å². The van der Waals surface area contributed by atoms with Crippen LogP contribution in [0.15, 0.2) is 18.2 Å². The predicted octanol–water partition coefficient (Wildman–Crippen LogP) is 4.80. The third-order valence-corrected chi connectivity index (χ3v) is 7.06. The lowest BCUT2D eigenvalue weighted by molar-refractivity contribution is -0.0347. The summed E-state index contributed by atoms with van der Waals surface area (Å²) in [7, 11) is 1.62. The standard InChI is InChI=1S/C24H35FN2O3/c1-23(2,3)30-22(28)27-15-24(16-27)10-7-19(14-24)26-11-8-17(9-12-26)20-6-5-18(25)13-21(20)29-4/h5-6,13,17,19H,7-12,14-16H2,1-4H3/t19-/m1/s1. The van der Waals surface area contributed by atoms with Gasteiger partial charge in [-0.05, 0) is 83.5 Å². The monoisotopic (exact) mass is 418 g/mol. The summed E-state index contributed by atoms with van der Waals surface area (Å²) in [4.78, 5) is 16.8. The highest BCUT2D eigenvalue weighted by Gasteiger charge is 2.51. The van der Waals surface area contributed by atoms with E-state index in [9.17, 15) is 9.18 Å². The highest BCUT2D eigenvalue weighted by Crippen LogP contribution is 2.48. The molecule has 30 heavy (non-hydrogen) atoms. The molecule has 1 atom stereocenters. The van der Waals surface area contributed by atoms with Gasteiger partial charge in [0.15, 0.2) is 0 Å². The quantitative estimate of drug-likeness (QED) is 0.707. The molecule has 2 saturated heterocycles. The average molecular weight is 419 g/mol. The van der Waals surface area contributed by atoms with E-state index in [0.29, 0.717) is 23.1 Å². The Morgan fingerprint density at radius 2 is 1.87 bits per heavy atom. The van der Waals surface area contributed by atoms with Crippen LogP contribution in [-0.2, 0) is 4.74 Å². The number of nitrogens with zero attached hydrogens (tertiary/aromatic N) is 2. The smallest absolute Gasteiger partial charge is 0.410 e. The molecule has 3 aliphatic rings. The summed E-state index contributed by atoms with van der Waals surface area (Å²) >= 11 is 0. The Morgan fingerprint density at radius 3 is 2.50 bits per heavy atom. The molecule has 2 aliphatic heterocycles. The van der Waals surface area contributed by atoms with Gasteiger partial charge in [0.2, 0.25) is 0 Å². The van der Waals surface area contributed by atoms with Crippen LogP contribution in [0.2, 0.25) is 0 Å². The molecule has 0 aromatic heterocycles. The molecule has 6 heteroatoms. The van der Waals surface area contributed by atoms with Gasteiger partial charge in [-0.15, -0.1) is 0 Å². The van der Waals surface area contributed by atoms with Crippen molar-refractivity contribution in [3.63, 3.8) is 0 Å². The van der Waals surface area contributed by atoms with Crippen LogP contribution in [0, 0.1) is 11.2 Å². The molecule has 0 unspecified atom stereocenters. The van der Waals surface area contributed by atoms with Gasteiger partial charge in [-0.1, -0.05) is 6.07 Å². The van der Waals surface area contributed by atoms with Gasteiger partial charge in [0.05, 0.1) is 7.11 Å². The molecule has 1 aromatic rings. The number of carbonyl (C=O) groups is 1. The summed E-state index contributed by atoms with van der Waals surface area (Å²) in [5.74, 6) is 0.855. The molecule has 3 fully saturated rings. The normalized spacial score (nSPS) is 24.7. The van der Waals surface area contributed by atoms with Gasteiger partial charge >= 0.3 is 6.09 Å². The first-order valence-electron chi connectivity index (χ1n) is 11.2.